The first-order chi connectivity index (χ1) is 9.17. The van der Waals surface area contributed by atoms with Gasteiger partial charge in [-0.3, -0.25) is 0 Å². The summed E-state index contributed by atoms with van der Waals surface area (Å²) >= 11 is 3.52. The first kappa shape index (κ1) is 16.3. The van der Waals surface area contributed by atoms with Gasteiger partial charge in [-0.1, -0.05) is 41.1 Å². The summed E-state index contributed by atoms with van der Waals surface area (Å²) in [7, 11) is 0. The van der Waals surface area contributed by atoms with E-state index in [2.05, 4.69) is 41.9 Å². The first-order valence-electron chi connectivity index (χ1n) is 6.85. The van der Waals surface area contributed by atoms with Crippen LogP contribution in [-0.4, -0.2) is 18.0 Å². The minimum atomic E-state index is 0.318. The molecule has 0 amide bonds. The van der Waals surface area contributed by atoms with Gasteiger partial charge < -0.3 is 9.47 Å². The maximum atomic E-state index is 6.01. The zero-order valence-electron chi connectivity index (χ0n) is 12.0. The smallest absolute Gasteiger partial charge is 0.130 e. The van der Waals surface area contributed by atoms with Gasteiger partial charge in [0, 0.05) is 17.9 Å². The number of benzene rings is 1. The molecule has 0 spiro atoms. The molecule has 1 atom stereocenters. The number of hydrogen-bond acceptors (Lipinski definition) is 2. The van der Waals surface area contributed by atoms with Crippen LogP contribution in [0.1, 0.15) is 32.8 Å². The van der Waals surface area contributed by atoms with Crippen molar-refractivity contribution in [3.63, 3.8) is 0 Å². The summed E-state index contributed by atoms with van der Waals surface area (Å²) in [5.41, 5.74) is 1.19. The minimum Gasteiger partial charge on any atom is -0.462 e. The van der Waals surface area contributed by atoms with Crippen LogP contribution in [0.15, 0.2) is 36.1 Å². The van der Waals surface area contributed by atoms with Gasteiger partial charge in [0.05, 0.1) is 6.61 Å². The van der Waals surface area contributed by atoms with Crippen molar-refractivity contribution in [1.82, 2.24) is 0 Å². The van der Waals surface area contributed by atoms with Crippen LogP contribution in [0.5, 0.6) is 5.75 Å². The van der Waals surface area contributed by atoms with E-state index in [1.165, 1.54) is 5.56 Å². The van der Waals surface area contributed by atoms with Crippen LogP contribution in [0.2, 0.25) is 0 Å². The number of ether oxygens (including phenoxy) is 2. The molecule has 2 nitrogen and oxygen atoms in total. The Kier molecular flexibility index (Phi) is 7.84. The molecule has 0 heterocycles. The molecule has 0 N–H and O–H groups in total. The Morgan fingerprint density at radius 3 is 2.68 bits per heavy atom. The number of halogens is 1. The van der Waals surface area contributed by atoms with Crippen LogP contribution in [0.4, 0.5) is 0 Å². The molecule has 1 aromatic rings. The second-order valence-corrected chi connectivity index (χ2v) is 5.77. The Morgan fingerprint density at radius 1 is 1.32 bits per heavy atom. The second-order valence-electron chi connectivity index (χ2n) is 4.32. The van der Waals surface area contributed by atoms with Crippen molar-refractivity contribution < 1.29 is 9.47 Å². The van der Waals surface area contributed by atoms with E-state index in [1.54, 1.807) is 0 Å². The quantitative estimate of drug-likeness (QED) is 0.391. The normalized spacial score (nSPS) is 13.4. The van der Waals surface area contributed by atoms with Crippen molar-refractivity contribution >= 4 is 15.9 Å². The van der Waals surface area contributed by atoms with Gasteiger partial charge in [-0.15, -0.1) is 0 Å². The fourth-order valence-electron chi connectivity index (χ4n) is 1.76. The van der Waals surface area contributed by atoms with Crippen LogP contribution < -0.4 is 4.74 Å². The van der Waals surface area contributed by atoms with Crippen LogP contribution in [0.25, 0.3) is 0 Å². The van der Waals surface area contributed by atoms with E-state index in [1.807, 2.05) is 25.1 Å². The van der Waals surface area contributed by atoms with Gasteiger partial charge in [0.2, 0.25) is 0 Å². The molecular weight excluding hydrogens is 304 g/mol. The first-order valence-corrected chi connectivity index (χ1v) is 7.77. The van der Waals surface area contributed by atoms with Crippen molar-refractivity contribution in [2.75, 3.05) is 13.2 Å². The molecule has 0 aliphatic heterocycles. The zero-order chi connectivity index (χ0) is 14.1. The standard InChI is InChI=1S/C16H23BrO2/c1-4-15(12-13(3)17)19-16-9-7-6-8-14(16)10-11-18-5-2/h6-9,12-13H,4-5,10-11H2,1-3H3/b15-12+. The molecule has 0 saturated carbocycles. The summed E-state index contributed by atoms with van der Waals surface area (Å²) < 4.78 is 11.4. The fourth-order valence-corrected chi connectivity index (χ4v) is 2.05. The van der Waals surface area contributed by atoms with Crippen molar-refractivity contribution in [2.24, 2.45) is 0 Å². The van der Waals surface area contributed by atoms with E-state index < -0.39 is 0 Å². The van der Waals surface area contributed by atoms with E-state index >= 15 is 0 Å². The molecule has 3 heteroatoms. The van der Waals surface area contributed by atoms with Gasteiger partial charge in [0.15, 0.2) is 0 Å². The largest absolute Gasteiger partial charge is 0.462 e. The summed E-state index contributed by atoms with van der Waals surface area (Å²) in [5, 5.41) is 0. The molecule has 106 valence electrons. The molecule has 0 aliphatic carbocycles. The highest BCUT2D eigenvalue weighted by molar-refractivity contribution is 9.09. The average molecular weight is 327 g/mol. The van der Waals surface area contributed by atoms with Crippen LogP contribution in [0, 0.1) is 0 Å². The summed E-state index contributed by atoms with van der Waals surface area (Å²) in [6.45, 7) is 7.68. The lowest BCUT2D eigenvalue weighted by Gasteiger charge is -2.13. The lowest BCUT2D eigenvalue weighted by atomic mass is 10.1. The number of hydrogen-bond donors (Lipinski definition) is 0. The molecule has 1 rings (SSSR count). The Labute approximate surface area is 124 Å². The number of alkyl halides is 1. The van der Waals surface area contributed by atoms with Gasteiger partial charge in [-0.2, -0.15) is 0 Å². The predicted molar refractivity (Wildman–Crippen MR) is 84.0 cm³/mol. The SMILES string of the molecule is CCOCCc1ccccc1O/C(=C/C(C)Br)CC. The zero-order valence-corrected chi connectivity index (χ0v) is 13.6. The minimum absolute atomic E-state index is 0.318. The molecule has 19 heavy (non-hydrogen) atoms. The van der Waals surface area contributed by atoms with Gasteiger partial charge in [0.25, 0.3) is 0 Å². The Hall–Kier alpha value is -0.800. The molecule has 0 bridgehead atoms. The Balaban J connectivity index is 2.76. The van der Waals surface area contributed by atoms with Crippen molar-refractivity contribution in [2.45, 2.75) is 38.4 Å². The third-order valence-corrected chi connectivity index (χ3v) is 2.96. The van der Waals surface area contributed by atoms with E-state index in [0.29, 0.717) is 4.83 Å². The second kappa shape index (κ2) is 9.16. The molecule has 0 saturated heterocycles. The summed E-state index contributed by atoms with van der Waals surface area (Å²) in [6.07, 6.45) is 3.86. The number of rotatable bonds is 8. The van der Waals surface area contributed by atoms with Crippen LogP contribution in [-0.2, 0) is 11.2 Å². The van der Waals surface area contributed by atoms with Gasteiger partial charge in [0.1, 0.15) is 11.5 Å². The van der Waals surface area contributed by atoms with Crippen molar-refractivity contribution in [3.8, 4) is 5.75 Å². The highest BCUT2D eigenvalue weighted by Crippen LogP contribution is 2.22. The third kappa shape index (κ3) is 6.26. The van der Waals surface area contributed by atoms with Crippen LogP contribution >= 0.6 is 15.9 Å². The molecule has 1 unspecified atom stereocenters. The van der Waals surface area contributed by atoms with Gasteiger partial charge in [-0.05, 0) is 38.0 Å². The fraction of sp³-hybridized carbons (Fsp3) is 0.500. The lowest BCUT2D eigenvalue weighted by Crippen LogP contribution is -2.03. The Bertz CT molecular complexity index is 399. The van der Waals surface area contributed by atoms with Crippen LogP contribution in [0.3, 0.4) is 0 Å². The number of para-hydroxylation sites is 1. The maximum Gasteiger partial charge on any atom is 0.130 e. The summed E-state index contributed by atoms with van der Waals surface area (Å²) in [5.74, 6) is 1.93. The highest BCUT2D eigenvalue weighted by atomic mass is 79.9. The molecule has 0 aromatic heterocycles. The third-order valence-electron chi connectivity index (χ3n) is 2.70. The average Bonchev–Trinajstić information content (AvgIpc) is 2.39. The maximum absolute atomic E-state index is 6.01. The monoisotopic (exact) mass is 326 g/mol. The topological polar surface area (TPSA) is 18.5 Å². The van der Waals surface area contributed by atoms with E-state index in [0.717, 1.165) is 37.6 Å². The van der Waals surface area contributed by atoms with Crippen molar-refractivity contribution in [3.05, 3.63) is 41.7 Å². The summed E-state index contributed by atoms with van der Waals surface area (Å²) in [6, 6.07) is 8.16. The lowest BCUT2D eigenvalue weighted by molar-refractivity contribution is 0.150. The molecule has 0 fully saturated rings. The molecule has 0 radical (unpaired) electrons. The van der Waals surface area contributed by atoms with Gasteiger partial charge >= 0.3 is 0 Å². The molecule has 0 aliphatic rings. The van der Waals surface area contributed by atoms with Crippen molar-refractivity contribution in [1.29, 1.82) is 0 Å². The molecular formula is C16H23BrO2. The Morgan fingerprint density at radius 2 is 2.05 bits per heavy atom. The van der Waals surface area contributed by atoms with E-state index in [-0.39, 0.29) is 0 Å². The molecule has 1 aromatic carbocycles. The van der Waals surface area contributed by atoms with E-state index in [9.17, 15) is 0 Å². The van der Waals surface area contributed by atoms with E-state index in [4.69, 9.17) is 9.47 Å². The highest BCUT2D eigenvalue weighted by Gasteiger charge is 2.06. The summed E-state index contributed by atoms with van der Waals surface area (Å²) in [4.78, 5) is 0.318. The number of allylic oxidation sites excluding steroid dienone is 2. The van der Waals surface area contributed by atoms with Gasteiger partial charge in [-0.25, -0.2) is 0 Å². The predicted octanol–water partition coefficient (Wildman–Crippen LogP) is 4.72.